The molecule has 0 aliphatic carbocycles. The number of carbonyl (C=O) groups is 1. The maximum Gasteiger partial charge on any atom is 0.227 e. The number of phenolic OH excluding ortho intramolecular Hbond substituents is 1. The molecule has 2 aromatic rings. The van der Waals surface area contributed by atoms with E-state index in [0.29, 0.717) is 5.56 Å². The fraction of sp³-hybridized carbons (Fsp3) is 0.545. The summed E-state index contributed by atoms with van der Waals surface area (Å²) in [6, 6.07) is 3.38. The molecule has 0 bridgehead atoms. The summed E-state index contributed by atoms with van der Waals surface area (Å²) in [5.41, 5.74) is 4.62. The van der Waals surface area contributed by atoms with Gasteiger partial charge in [0.25, 0.3) is 0 Å². The molecule has 0 aliphatic heterocycles. The van der Waals surface area contributed by atoms with E-state index >= 15 is 0 Å². The topological polar surface area (TPSA) is 61.4 Å². The fourth-order valence-electron chi connectivity index (χ4n) is 3.59. The molecule has 4 nitrogen and oxygen atoms in total. The number of halogens is 1. The Bertz CT molecular complexity index is 858. The Labute approximate surface area is 183 Å². The zero-order chi connectivity index (χ0) is 20.7. The van der Waals surface area contributed by atoms with Crippen LogP contribution in [0.5, 0.6) is 5.75 Å². The minimum atomic E-state index is -0.544. The van der Waals surface area contributed by atoms with Crippen molar-refractivity contribution < 1.29 is 36.6 Å². The van der Waals surface area contributed by atoms with Crippen LogP contribution in [0.15, 0.2) is 17.6 Å². The highest BCUT2D eigenvalue weighted by Gasteiger charge is 2.33. The van der Waals surface area contributed by atoms with Crippen molar-refractivity contribution >= 4 is 17.1 Å². The van der Waals surface area contributed by atoms with Gasteiger partial charge in [-0.05, 0) is 35.4 Å². The van der Waals surface area contributed by atoms with E-state index < -0.39 is 6.10 Å². The molecule has 0 fully saturated rings. The Morgan fingerprint density at radius 2 is 1.64 bits per heavy atom. The van der Waals surface area contributed by atoms with Crippen molar-refractivity contribution in [2.75, 3.05) is 0 Å². The number of rotatable bonds is 4. The van der Waals surface area contributed by atoms with Crippen LogP contribution in [0.25, 0.3) is 0 Å². The van der Waals surface area contributed by atoms with Gasteiger partial charge in [-0.15, -0.1) is 0 Å². The van der Waals surface area contributed by atoms with Crippen LogP contribution in [0, 0.1) is 6.92 Å². The molecule has 1 heterocycles. The average Bonchev–Trinajstić information content (AvgIpc) is 2.85. The van der Waals surface area contributed by atoms with E-state index in [0.717, 1.165) is 21.7 Å². The summed E-state index contributed by atoms with van der Waals surface area (Å²) in [7, 11) is 0. The Morgan fingerprint density at radius 3 is 2.07 bits per heavy atom. The first-order valence-electron chi connectivity index (χ1n) is 9.30. The number of Topliss-reactive ketones (excluding diaryl/α,β-unsaturated/α-hetero) is 1. The van der Waals surface area contributed by atoms with E-state index in [1.807, 2.05) is 17.0 Å². The van der Waals surface area contributed by atoms with Gasteiger partial charge in [-0.1, -0.05) is 52.9 Å². The lowest BCUT2D eigenvalue weighted by Gasteiger charge is -2.32. The molecule has 1 aromatic heterocycles. The Kier molecular flexibility index (Phi) is 7.65. The molecule has 0 spiro atoms. The first kappa shape index (κ1) is 24.8. The van der Waals surface area contributed by atoms with Gasteiger partial charge in [0, 0.05) is 18.1 Å². The van der Waals surface area contributed by atoms with E-state index in [9.17, 15) is 15.0 Å². The number of nitrogens with zero attached hydrogens (tertiary/aromatic N) is 1. The summed E-state index contributed by atoms with van der Waals surface area (Å²) in [5.74, 6) is 0.244. The number of benzene rings is 1. The largest absolute Gasteiger partial charge is 1.00 e. The zero-order valence-corrected chi connectivity index (χ0v) is 20.5. The van der Waals surface area contributed by atoms with Crippen LogP contribution in [-0.2, 0) is 17.4 Å². The number of aliphatic hydroxyl groups is 1. The molecule has 6 heteroatoms. The molecule has 0 radical (unpaired) electrons. The van der Waals surface area contributed by atoms with Gasteiger partial charge in [0.2, 0.25) is 17.8 Å². The zero-order valence-electron chi connectivity index (χ0n) is 18.1. The molecular formula is C22H32BrNO3S. The molecular weight excluding hydrogens is 438 g/mol. The second kappa shape index (κ2) is 8.64. The third-order valence-corrected chi connectivity index (χ3v) is 6.02. The summed E-state index contributed by atoms with van der Waals surface area (Å²) >= 11 is 1.46. The van der Waals surface area contributed by atoms with Crippen molar-refractivity contribution in [3.8, 4) is 5.75 Å². The van der Waals surface area contributed by atoms with Crippen LogP contribution in [0.4, 0.5) is 0 Å². The molecule has 0 aliphatic rings. The quantitative estimate of drug-likeness (QED) is 0.527. The lowest BCUT2D eigenvalue weighted by molar-refractivity contribution is -0.684. The number of aromatic nitrogens is 1. The van der Waals surface area contributed by atoms with Gasteiger partial charge in [-0.2, -0.15) is 4.57 Å². The first-order chi connectivity index (χ1) is 12.2. The van der Waals surface area contributed by atoms with E-state index in [4.69, 9.17) is 0 Å². The molecule has 1 atom stereocenters. The molecule has 0 amide bonds. The van der Waals surface area contributed by atoms with Crippen molar-refractivity contribution in [3.63, 3.8) is 0 Å². The number of phenols is 1. The number of aliphatic hydroxyl groups excluding tert-OH is 1. The minimum absolute atomic E-state index is 0. The smallest absolute Gasteiger partial charge is 0.227 e. The lowest BCUT2D eigenvalue weighted by atomic mass is 9.72. The second-order valence-corrected chi connectivity index (χ2v) is 10.2. The standard InChI is InChI=1S/C22H31NO3S.BrH/c1-13-20(14(2)24)27-12-23(13)11-17(26)15-9-10-16(25)19(22(6,7)8)18(15)21(3,4)5;/h9-10,12,14,24H,11H2,1-8H3;1H. The lowest BCUT2D eigenvalue weighted by Crippen LogP contribution is -3.00. The maximum absolute atomic E-state index is 13.2. The molecule has 2 rings (SSSR count). The van der Waals surface area contributed by atoms with Gasteiger partial charge < -0.3 is 27.2 Å². The number of aromatic hydroxyl groups is 1. The third kappa shape index (κ3) is 5.02. The van der Waals surface area contributed by atoms with E-state index in [1.54, 1.807) is 19.1 Å². The second-order valence-electron chi connectivity index (χ2n) is 9.28. The van der Waals surface area contributed by atoms with E-state index in [2.05, 4.69) is 41.5 Å². The predicted octanol–water partition coefficient (Wildman–Crippen LogP) is 1.58. The van der Waals surface area contributed by atoms with Gasteiger partial charge in [-0.3, -0.25) is 4.79 Å². The van der Waals surface area contributed by atoms with Crippen molar-refractivity contribution in [2.45, 2.75) is 78.9 Å². The van der Waals surface area contributed by atoms with E-state index in [1.165, 1.54) is 11.3 Å². The van der Waals surface area contributed by atoms with Crippen LogP contribution in [0.2, 0.25) is 0 Å². The third-order valence-electron chi connectivity index (χ3n) is 4.77. The van der Waals surface area contributed by atoms with Gasteiger partial charge in [0.15, 0.2) is 5.69 Å². The SMILES string of the molecule is Cc1c(C(C)O)sc[n+]1CC(=O)c1ccc(O)c(C(C)(C)C)c1C(C)(C)C.[Br-]. The fourth-order valence-corrected chi connectivity index (χ4v) is 4.54. The van der Waals surface area contributed by atoms with Crippen LogP contribution >= 0.6 is 11.3 Å². The minimum Gasteiger partial charge on any atom is -1.00 e. The highest BCUT2D eigenvalue weighted by atomic mass is 79.9. The van der Waals surface area contributed by atoms with Crippen LogP contribution in [0.1, 0.15) is 86.6 Å². The number of hydrogen-bond acceptors (Lipinski definition) is 4. The Morgan fingerprint density at radius 1 is 1.11 bits per heavy atom. The monoisotopic (exact) mass is 469 g/mol. The molecule has 156 valence electrons. The highest BCUT2D eigenvalue weighted by molar-refractivity contribution is 7.09. The number of hydrogen-bond donors (Lipinski definition) is 2. The highest BCUT2D eigenvalue weighted by Crippen LogP contribution is 2.41. The van der Waals surface area contributed by atoms with Gasteiger partial charge in [0.05, 0.1) is 6.10 Å². The van der Waals surface area contributed by atoms with Crippen molar-refractivity contribution in [2.24, 2.45) is 0 Å². The van der Waals surface area contributed by atoms with Crippen molar-refractivity contribution in [1.29, 1.82) is 0 Å². The summed E-state index contributed by atoms with van der Waals surface area (Å²) in [5, 5.41) is 20.4. The average molecular weight is 470 g/mol. The van der Waals surface area contributed by atoms with Gasteiger partial charge >= 0.3 is 0 Å². The Balaban J connectivity index is 0.00000392. The van der Waals surface area contributed by atoms with Crippen molar-refractivity contribution in [1.82, 2.24) is 0 Å². The van der Waals surface area contributed by atoms with Crippen molar-refractivity contribution in [3.05, 3.63) is 44.9 Å². The van der Waals surface area contributed by atoms with E-state index in [-0.39, 0.29) is 45.9 Å². The first-order valence-corrected chi connectivity index (χ1v) is 10.2. The van der Waals surface area contributed by atoms with Crippen LogP contribution in [0.3, 0.4) is 0 Å². The normalized spacial score (nSPS) is 13.2. The van der Waals surface area contributed by atoms with Crippen LogP contribution in [-0.4, -0.2) is 16.0 Å². The number of thiazole rings is 1. The number of carbonyl (C=O) groups excluding carboxylic acids is 1. The summed E-state index contributed by atoms with van der Waals surface area (Å²) in [4.78, 5) is 14.1. The summed E-state index contributed by atoms with van der Waals surface area (Å²) in [6.07, 6.45) is -0.544. The van der Waals surface area contributed by atoms with Gasteiger partial charge in [0.1, 0.15) is 10.6 Å². The molecule has 28 heavy (non-hydrogen) atoms. The molecule has 2 N–H and O–H groups in total. The predicted molar refractivity (Wildman–Crippen MR) is 110 cm³/mol. The molecule has 1 aromatic carbocycles. The van der Waals surface area contributed by atoms with Gasteiger partial charge in [-0.25, -0.2) is 0 Å². The summed E-state index contributed by atoms with van der Waals surface area (Å²) < 4.78 is 1.89. The Hall–Kier alpha value is -1.24. The maximum atomic E-state index is 13.2. The molecule has 0 saturated carbocycles. The molecule has 0 saturated heterocycles. The molecule has 1 unspecified atom stereocenters. The number of ketones is 1. The van der Waals surface area contributed by atoms with Crippen LogP contribution < -0.4 is 21.5 Å². The summed E-state index contributed by atoms with van der Waals surface area (Å²) in [6.45, 7) is 16.3.